The van der Waals surface area contributed by atoms with Crippen LogP contribution in [0, 0.1) is 6.92 Å². The molecule has 2 atom stereocenters. The largest absolute Gasteiger partial charge is 0.503 e. The number of carbonyl (C=O) groups is 2. The quantitative estimate of drug-likeness (QED) is 0.677. The third kappa shape index (κ3) is 3.79. The van der Waals surface area contributed by atoms with Crippen molar-refractivity contribution >= 4 is 11.7 Å². The molecule has 0 saturated carbocycles. The van der Waals surface area contributed by atoms with Gasteiger partial charge in [-0.2, -0.15) is 0 Å². The Morgan fingerprint density at radius 2 is 1.97 bits per heavy atom. The van der Waals surface area contributed by atoms with Crippen LogP contribution in [0.2, 0.25) is 0 Å². The first kappa shape index (κ1) is 21.0. The van der Waals surface area contributed by atoms with Gasteiger partial charge in [0, 0.05) is 13.2 Å². The summed E-state index contributed by atoms with van der Waals surface area (Å²) in [4.78, 5) is 27.8. The maximum atomic E-state index is 13.3. The van der Waals surface area contributed by atoms with Gasteiger partial charge in [0.05, 0.1) is 31.9 Å². The summed E-state index contributed by atoms with van der Waals surface area (Å²) in [6, 6.07) is 7.56. The number of hydrogen-bond donors (Lipinski definition) is 1. The van der Waals surface area contributed by atoms with Crippen molar-refractivity contribution in [3.63, 3.8) is 0 Å². The Labute approximate surface area is 180 Å². The number of ether oxygens (including phenoxy) is 3. The zero-order chi connectivity index (χ0) is 22.1. The summed E-state index contributed by atoms with van der Waals surface area (Å²) in [5.41, 5.74) is 0.587. The van der Waals surface area contributed by atoms with Crippen LogP contribution in [-0.4, -0.2) is 55.2 Å². The predicted molar refractivity (Wildman–Crippen MR) is 110 cm³/mol. The minimum Gasteiger partial charge on any atom is -0.503 e. The molecule has 0 spiro atoms. The Balaban J connectivity index is 1.79. The summed E-state index contributed by atoms with van der Waals surface area (Å²) in [7, 11) is 3.04. The second-order valence-electron chi connectivity index (χ2n) is 7.61. The van der Waals surface area contributed by atoms with Crippen LogP contribution < -0.4 is 9.47 Å². The van der Waals surface area contributed by atoms with Gasteiger partial charge in [-0.25, -0.2) is 0 Å². The van der Waals surface area contributed by atoms with E-state index in [4.69, 9.17) is 18.6 Å². The Kier molecular flexibility index (Phi) is 5.73. The van der Waals surface area contributed by atoms with E-state index in [-0.39, 0.29) is 24.0 Å². The molecule has 1 fully saturated rings. The number of aryl methyl sites for hydroxylation is 1. The summed E-state index contributed by atoms with van der Waals surface area (Å²) >= 11 is 0. The van der Waals surface area contributed by atoms with Crippen molar-refractivity contribution in [1.82, 2.24) is 4.90 Å². The maximum absolute atomic E-state index is 13.3. The number of ketones is 1. The van der Waals surface area contributed by atoms with Crippen molar-refractivity contribution in [3.8, 4) is 11.5 Å². The highest BCUT2D eigenvalue weighted by Crippen LogP contribution is 2.42. The highest BCUT2D eigenvalue weighted by atomic mass is 16.5. The number of rotatable bonds is 7. The van der Waals surface area contributed by atoms with Gasteiger partial charge in [-0.1, -0.05) is 6.07 Å². The van der Waals surface area contributed by atoms with Crippen LogP contribution in [0.15, 0.2) is 46.1 Å². The second kappa shape index (κ2) is 8.47. The summed E-state index contributed by atoms with van der Waals surface area (Å²) in [6.07, 6.45) is 1.56. The highest BCUT2D eigenvalue weighted by molar-refractivity contribution is 6.15. The van der Waals surface area contributed by atoms with Crippen molar-refractivity contribution in [2.45, 2.75) is 31.9 Å². The molecule has 2 aliphatic heterocycles. The van der Waals surface area contributed by atoms with E-state index in [9.17, 15) is 14.7 Å². The predicted octanol–water partition coefficient (Wildman–Crippen LogP) is 3.36. The van der Waals surface area contributed by atoms with Gasteiger partial charge in [0.1, 0.15) is 5.76 Å². The minimum atomic E-state index is -0.811. The lowest BCUT2D eigenvalue weighted by Crippen LogP contribution is -2.37. The number of aliphatic hydroxyl groups is 1. The van der Waals surface area contributed by atoms with E-state index in [0.29, 0.717) is 29.4 Å². The molecule has 0 bridgehead atoms. The normalized spacial score (nSPS) is 21.1. The fourth-order valence-electron chi connectivity index (χ4n) is 4.14. The maximum Gasteiger partial charge on any atom is 0.290 e. The molecule has 3 heterocycles. The van der Waals surface area contributed by atoms with E-state index < -0.39 is 23.5 Å². The van der Waals surface area contributed by atoms with E-state index in [0.717, 1.165) is 12.8 Å². The molecule has 4 rings (SSSR count). The lowest BCUT2D eigenvalue weighted by Gasteiger charge is -2.29. The molecule has 1 aromatic heterocycles. The van der Waals surface area contributed by atoms with Gasteiger partial charge in [0.25, 0.3) is 5.91 Å². The molecule has 164 valence electrons. The summed E-state index contributed by atoms with van der Waals surface area (Å²) in [5, 5.41) is 10.7. The first-order chi connectivity index (χ1) is 14.9. The van der Waals surface area contributed by atoms with Crippen molar-refractivity contribution in [1.29, 1.82) is 0 Å². The van der Waals surface area contributed by atoms with Crippen LogP contribution >= 0.6 is 0 Å². The molecule has 1 N–H and O–H groups in total. The van der Waals surface area contributed by atoms with E-state index in [1.54, 1.807) is 31.2 Å². The first-order valence-electron chi connectivity index (χ1n) is 10.1. The second-order valence-corrected chi connectivity index (χ2v) is 7.61. The number of furan rings is 1. The molecule has 2 aliphatic rings. The molecule has 8 nitrogen and oxygen atoms in total. The van der Waals surface area contributed by atoms with Crippen molar-refractivity contribution in [3.05, 3.63) is 58.7 Å². The number of hydrogen-bond acceptors (Lipinski definition) is 7. The van der Waals surface area contributed by atoms with Gasteiger partial charge in [0.15, 0.2) is 23.0 Å². The van der Waals surface area contributed by atoms with Crippen LogP contribution in [0.25, 0.3) is 0 Å². The Hall–Kier alpha value is -3.26. The van der Waals surface area contributed by atoms with Gasteiger partial charge >= 0.3 is 0 Å². The fraction of sp³-hybridized carbons (Fsp3) is 0.391. The molecular formula is C23H25NO7. The number of Topliss-reactive ketones (excluding diaryl/α,β-unsaturated/α-hetero) is 1. The molecule has 1 aromatic carbocycles. The molecule has 0 radical (unpaired) electrons. The molecule has 0 aliphatic carbocycles. The van der Waals surface area contributed by atoms with Gasteiger partial charge in [-0.15, -0.1) is 0 Å². The Bertz CT molecular complexity index is 1030. The summed E-state index contributed by atoms with van der Waals surface area (Å²) < 4.78 is 21.9. The van der Waals surface area contributed by atoms with Crippen molar-refractivity contribution in [2.75, 3.05) is 27.4 Å². The van der Waals surface area contributed by atoms with Gasteiger partial charge in [-0.05, 0) is 49.6 Å². The van der Waals surface area contributed by atoms with Gasteiger partial charge in [-0.3, -0.25) is 9.59 Å². The van der Waals surface area contributed by atoms with Crippen LogP contribution in [0.5, 0.6) is 11.5 Å². The Morgan fingerprint density at radius 3 is 2.58 bits per heavy atom. The van der Waals surface area contributed by atoms with Gasteiger partial charge in [0.2, 0.25) is 5.78 Å². The third-order valence-electron chi connectivity index (χ3n) is 5.66. The summed E-state index contributed by atoms with van der Waals surface area (Å²) in [6.45, 7) is 2.61. The van der Waals surface area contributed by atoms with Crippen molar-refractivity contribution < 1.29 is 33.3 Å². The molecular weight excluding hydrogens is 402 g/mol. The fourth-order valence-corrected chi connectivity index (χ4v) is 4.14. The van der Waals surface area contributed by atoms with Crippen LogP contribution in [0.4, 0.5) is 0 Å². The lowest BCUT2D eigenvalue weighted by atomic mass is 9.94. The van der Waals surface area contributed by atoms with Crippen molar-refractivity contribution in [2.24, 2.45) is 0 Å². The average molecular weight is 427 g/mol. The molecule has 1 amide bonds. The number of carbonyl (C=O) groups excluding carboxylic acids is 2. The van der Waals surface area contributed by atoms with E-state index in [1.165, 1.54) is 25.2 Å². The zero-order valence-corrected chi connectivity index (χ0v) is 17.7. The van der Waals surface area contributed by atoms with Crippen LogP contribution in [0.3, 0.4) is 0 Å². The number of benzene rings is 1. The average Bonchev–Trinajstić information content (AvgIpc) is 3.50. The molecule has 8 heteroatoms. The van der Waals surface area contributed by atoms with E-state index in [2.05, 4.69) is 0 Å². The first-order valence-corrected chi connectivity index (χ1v) is 10.1. The van der Waals surface area contributed by atoms with E-state index in [1.807, 2.05) is 0 Å². The standard InChI is InChI=1S/C23H25NO7/c1-13-6-8-17(31-13)21(25)19-20(14-7-9-16(28-2)18(11-14)29-3)24(23(27)22(19)26)12-15-5-4-10-30-15/h6-9,11,15,20,26H,4-5,10,12H2,1-3H3/t15-,20-/m0/s1. The number of aliphatic hydroxyl groups excluding tert-OH is 1. The lowest BCUT2D eigenvalue weighted by molar-refractivity contribution is -0.131. The Morgan fingerprint density at radius 1 is 1.19 bits per heavy atom. The molecule has 0 unspecified atom stereocenters. The monoisotopic (exact) mass is 427 g/mol. The minimum absolute atomic E-state index is 0.0235. The molecule has 1 saturated heterocycles. The van der Waals surface area contributed by atoms with E-state index >= 15 is 0 Å². The number of amides is 1. The topological polar surface area (TPSA) is 98.4 Å². The molecule has 31 heavy (non-hydrogen) atoms. The van der Waals surface area contributed by atoms with Crippen LogP contribution in [0.1, 0.15) is 40.8 Å². The molecule has 2 aromatic rings. The summed E-state index contributed by atoms with van der Waals surface area (Å²) in [5.74, 6) is -0.115. The van der Waals surface area contributed by atoms with Crippen LogP contribution in [-0.2, 0) is 9.53 Å². The highest BCUT2D eigenvalue weighted by Gasteiger charge is 2.45. The smallest absolute Gasteiger partial charge is 0.290 e. The zero-order valence-electron chi connectivity index (χ0n) is 17.7. The SMILES string of the molecule is COc1ccc([C@H]2C(C(=O)c3ccc(C)o3)=C(O)C(=O)N2C[C@@H]2CCCO2)cc1OC. The third-order valence-corrected chi connectivity index (χ3v) is 5.66. The van der Waals surface area contributed by atoms with Gasteiger partial charge < -0.3 is 28.6 Å². The number of methoxy groups -OCH3 is 2. The number of nitrogens with zero attached hydrogens (tertiary/aromatic N) is 1.